The number of aromatic hydroxyl groups is 1. The summed E-state index contributed by atoms with van der Waals surface area (Å²) in [6.45, 7) is 5.45. The van der Waals surface area contributed by atoms with Crippen LogP contribution in [-0.2, 0) is 9.59 Å². The number of phenols is 1. The summed E-state index contributed by atoms with van der Waals surface area (Å²) in [6, 6.07) is 8.76. The van der Waals surface area contributed by atoms with Crippen molar-refractivity contribution in [1.29, 1.82) is 0 Å². The molecule has 0 aromatic heterocycles. The molecule has 0 atom stereocenters. The average molecular weight is 388 g/mol. The minimum absolute atomic E-state index is 0.0103. The van der Waals surface area contributed by atoms with Crippen LogP contribution in [0, 0.1) is 20.8 Å². The summed E-state index contributed by atoms with van der Waals surface area (Å²) in [5.41, 5.74) is 6.12. The number of phenolic OH excluding ortho intramolecular Hbond substituents is 1. The molecule has 0 heterocycles. The predicted molar refractivity (Wildman–Crippen MR) is 107 cm³/mol. The van der Waals surface area contributed by atoms with Crippen LogP contribution in [0.25, 0.3) is 0 Å². The number of nitrogens with zero attached hydrogens (tertiary/aromatic N) is 1. The second-order valence-electron chi connectivity index (χ2n) is 6.31. The molecular formula is C20H22ClN3O3. The molecule has 0 saturated carbocycles. The van der Waals surface area contributed by atoms with Crippen molar-refractivity contribution in [3.63, 3.8) is 0 Å². The molecule has 0 radical (unpaired) electrons. The molecule has 0 saturated heterocycles. The van der Waals surface area contributed by atoms with Crippen LogP contribution < -0.4 is 10.7 Å². The third-order valence-corrected chi connectivity index (χ3v) is 4.36. The van der Waals surface area contributed by atoms with Crippen LogP contribution in [0.3, 0.4) is 0 Å². The van der Waals surface area contributed by atoms with E-state index in [0.29, 0.717) is 10.7 Å². The summed E-state index contributed by atoms with van der Waals surface area (Å²) < 4.78 is 0. The monoisotopic (exact) mass is 387 g/mol. The van der Waals surface area contributed by atoms with Crippen molar-refractivity contribution in [2.75, 3.05) is 5.32 Å². The van der Waals surface area contributed by atoms with Crippen molar-refractivity contribution < 1.29 is 14.7 Å². The molecule has 0 aliphatic carbocycles. The molecule has 0 unspecified atom stereocenters. The molecule has 0 fully saturated rings. The molecule has 0 bridgehead atoms. The van der Waals surface area contributed by atoms with Crippen molar-refractivity contribution in [2.24, 2.45) is 5.10 Å². The first-order valence-corrected chi connectivity index (χ1v) is 8.82. The number of hydrogen-bond acceptors (Lipinski definition) is 4. The Hall–Kier alpha value is -2.86. The van der Waals surface area contributed by atoms with Gasteiger partial charge in [0.25, 0.3) is 0 Å². The third kappa shape index (κ3) is 6.11. The number of halogens is 1. The SMILES string of the molecule is Cc1ccc(NC(=O)CCC(=O)N/N=C/c2cc(C)c(O)c(C)c2)cc1Cl. The van der Waals surface area contributed by atoms with Gasteiger partial charge in [0.2, 0.25) is 11.8 Å². The average Bonchev–Trinajstić information content (AvgIpc) is 2.61. The van der Waals surface area contributed by atoms with Gasteiger partial charge >= 0.3 is 0 Å². The van der Waals surface area contributed by atoms with Crippen molar-refractivity contribution in [3.05, 3.63) is 57.6 Å². The van der Waals surface area contributed by atoms with Gasteiger partial charge in [-0.3, -0.25) is 9.59 Å². The van der Waals surface area contributed by atoms with Crippen molar-refractivity contribution in [1.82, 2.24) is 5.43 Å². The summed E-state index contributed by atoms with van der Waals surface area (Å²) in [7, 11) is 0. The summed E-state index contributed by atoms with van der Waals surface area (Å²) in [6.07, 6.45) is 1.53. The first kappa shape index (κ1) is 20.5. The molecule has 27 heavy (non-hydrogen) atoms. The number of hydrogen-bond donors (Lipinski definition) is 3. The molecule has 2 aromatic rings. The fourth-order valence-electron chi connectivity index (χ4n) is 2.42. The second kappa shape index (κ2) is 9.19. The normalized spacial score (nSPS) is 10.8. The zero-order valence-electron chi connectivity index (χ0n) is 15.5. The van der Waals surface area contributed by atoms with E-state index in [-0.39, 0.29) is 30.4 Å². The van der Waals surface area contributed by atoms with Gasteiger partial charge in [-0.15, -0.1) is 0 Å². The first-order valence-electron chi connectivity index (χ1n) is 8.44. The predicted octanol–water partition coefficient (Wildman–Crippen LogP) is 3.84. The topological polar surface area (TPSA) is 90.8 Å². The number of hydrazone groups is 1. The van der Waals surface area contributed by atoms with Gasteiger partial charge in [0, 0.05) is 23.6 Å². The Bertz CT molecular complexity index is 871. The van der Waals surface area contributed by atoms with E-state index in [1.54, 1.807) is 38.1 Å². The van der Waals surface area contributed by atoms with Crippen molar-refractivity contribution >= 4 is 35.3 Å². The summed E-state index contributed by atoms with van der Waals surface area (Å²) in [4.78, 5) is 23.7. The highest BCUT2D eigenvalue weighted by molar-refractivity contribution is 6.31. The highest BCUT2D eigenvalue weighted by atomic mass is 35.5. The second-order valence-corrected chi connectivity index (χ2v) is 6.72. The lowest BCUT2D eigenvalue weighted by molar-refractivity contribution is -0.124. The van der Waals surface area contributed by atoms with Gasteiger partial charge < -0.3 is 10.4 Å². The van der Waals surface area contributed by atoms with Crippen molar-refractivity contribution in [2.45, 2.75) is 33.6 Å². The molecule has 2 aromatic carbocycles. The van der Waals surface area contributed by atoms with E-state index in [9.17, 15) is 14.7 Å². The fourth-order valence-corrected chi connectivity index (χ4v) is 2.60. The lowest BCUT2D eigenvalue weighted by Crippen LogP contribution is -2.20. The Morgan fingerprint density at radius 2 is 1.67 bits per heavy atom. The zero-order valence-corrected chi connectivity index (χ0v) is 16.2. The third-order valence-electron chi connectivity index (χ3n) is 3.95. The standard InChI is InChI=1S/C20H22ClN3O3/c1-12-4-5-16(10-17(12)21)23-18(25)6-7-19(26)24-22-11-15-8-13(2)20(27)14(3)9-15/h4-5,8-11,27H,6-7H2,1-3H3,(H,23,25)(H,24,26)/b22-11+. The van der Waals surface area contributed by atoms with E-state index in [1.165, 1.54) is 6.21 Å². The Balaban J connectivity index is 1.80. The Labute approximate surface area is 163 Å². The Morgan fingerprint density at radius 3 is 2.30 bits per heavy atom. The van der Waals surface area contributed by atoms with Crippen LogP contribution in [-0.4, -0.2) is 23.1 Å². The minimum Gasteiger partial charge on any atom is -0.507 e. The van der Waals surface area contributed by atoms with Crippen molar-refractivity contribution in [3.8, 4) is 5.75 Å². The number of anilines is 1. The molecule has 3 N–H and O–H groups in total. The maximum absolute atomic E-state index is 11.9. The van der Waals surface area contributed by atoms with E-state index in [2.05, 4.69) is 15.8 Å². The number of benzene rings is 2. The van der Waals surface area contributed by atoms with Crippen LogP contribution in [0.2, 0.25) is 5.02 Å². The molecule has 0 aliphatic rings. The quantitative estimate of drug-likeness (QED) is 0.519. The van der Waals surface area contributed by atoms with Gasteiger partial charge in [0.15, 0.2) is 0 Å². The molecule has 7 heteroatoms. The van der Waals surface area contributed by atoms with Gasteiger partial charge in [0.05, 0.1) is 6.21 Å². The molecule has 0 aliphatic heterocycles. The molecule has 0 spiro atoms. The number of carbonyl (C=O) groups is 2. The highest BCUT2D eigenvalue weighted by Crippen LogP contribution is 2.22. The van der Waals surface area contributed by atoms with Gasteiger partial charge in [-0.2, -0.15) is 5.10 Å². The number of nitrogens with one attached hydrogen (secondary N) is 2. The van der Waals surface area contributed by atoms with Crippen LogP contribution in [0.15, 0.2) is 35.4 Å². The zero-order chi connectivity index (χ0) is 20.0. The van der Waals surface area contributed by atoms with Crippen LogP contribution in [0.1, 0.15) is 35.1 Å². The van der Waals surface area contributed by atoms with Gasteiger partial charge in [-0.1, -0.05) is 17.7 Å². The summed E-state index contributed by atoms with van der Waals surface area (Å²) in [5, 5.41) is 16.9. The highest BCUT2D eigenvalue weighted by Gasteiger charge is 2.08. The number of rotatable bonds is 6. The largest absolute Gasteiger partial charge is 0.507 e. The molecule has 2 amide bonds. The first-order chi connectivity index (χ1) is 12.8. The van der Waals surface area contributed by atoms with Crippen LogP contribution >= 0.6 is 11.6 Å². The van der Waals surface area contributed by atoms with Gasteiger partial charge in [-0.25, -0.2) is 5.43 Å². The molecule has 142 valence electrons. The Kier molecular flexibility index (Phi) is 6.96. The van der Waals surface area contributed by atoms with Gasteiger partial charge in [0.1, 0.15) is 5.75 Å². The fraction of sp³-hybridized carbons (Fsp3) is 0.250. The van der Waals surface area contributed by atoms with E-state index in [4.69, 9.17) is 11.6 Å². The van der Waals surface area contributed by atoms with Gasteiger partial charge in [-0.05, 0) is 67.3 Å². The Morgan fingerprint density at radius 1 is 1.04 bits per heavy atom. The molecular weight excluding hydrogens is 366 g/mol. The maximum Gasteiger partial charge on any atom is 0.240 e. The van der Waals surface area contributed by atoms with Crippen LogP contribution in [0.5, 0.6) is 5.75 Å². The van der Waals surface area contributed by atoms with E-state index in [0.717, 1.165) is 22.3 Å². The van der Waals surface area contributed by atoms with E-state index in [1.807, 2.05) is 13.0 Å². The summed E-state index contributed by atoms with van der Waals surface area (Å²) >= 11 is 6.02. The minimum atomic E-state index is -0.365. The van der Waals surface area contributed by atoms with E-state index < -0.39 is 0 Å². The lowest BCUT2D eigenvalue weighted by Gasteiger charge is -2.06. The summed E-state index contributed by atoms with van der Waals surface area (Å²) in [5.74, 6) is -0.397. The number of carbonyl (C=O) groups excluding carboxylic acids is 2. The maximum atomic E-state index is 11.9. The van der Waals surface area contributed by atoms with E-state index >= 15 is 0 Å². The van der Waals surface area contributed by atoms with Crippen LogP contribution in [0.4, 0.5) is 5.69 Å². The number of amides is 2. The molecule has 6 nitrogen and oxygen atoms in total. The molecule has 2 rings (SSSR count). The lowest BCUT2D eigenvalue weighted by atomic mass is 10.1. The smallest absolute Gasteiger partial charge is 0.240 e. The number of aryl methyl sites for hydroxylation is 3.